The Hall–Kier alpha value is -2.01. The Bertz CT molecular complexity index is 527. The highest BCUT2D eigenvalue weighted by Gasteiger charge is 2.05. The number of nitrogens with zero attached hydrogens (tertiary/aromatic N) is 3. The van der Waals surface area contributed by atoms with Crippen LogP contribution in [0.4, 0.5) is 10.2 Å². The lowest BCUT2D eigenvalue weighted by Gasteiger charge is -2.18. The lowest BCUT2D eigenvalue weighted by atomic mass is 10.2. The minimum absolute atomic E-state index is 0.223. The minimum Gasteiger partial charge on any atom is -0.355 e. The molecule has 0 unspecified atom stereocenters. The van der Waals surface area contributed by atoms with Crippen molar-refractivity contribution in [2.24, 2.45) is 5.73 Å². The maximum atomic E-state index is 12.8. The van der Waals surface area contributed by atoms with Crippen molar-refractivity contribution in [3.63, 3.8) is 0 Å². The van der Waals surface area contributed by atoms with Crippen LogP contribution in [0.5, 0.6) is 0 Å². The highest BCUT2D eigenvalue weighted by molar-refractivity contribution is 5.37. The van der Waals surface area contributed by atoms with Crippen molar-refractivity contribution >= 4 is 5.82 Å². The van der Waals surface area contributed by atoms with Crippen molar-refractivity contribution in [2.75, 3.05) is 18.5 Å². The van der Waals surface area contributed by atoms with E-state index < -0.39 is 0 Å². The molecule has 100 valence electrons. The molecule has 2 aromatic rings. The number of hydrogen-bond donors (Lipinski definition) is 1. The third-order valence-electron chi connectivity index (χ3n) is 2.78. The Morgan fingerprint density at radius 2 is 1.95 bits per heavy atom. The number of hydrogen-bond acceptors (Lipinski definition) is 4. The summed E-state index contributed by atoms with van der Waals surface area (Å²) >= 11 is 0. The quantitative estimate of drug-likeness (QED) is 0.890. The standard InChI is InChI=1S/C14H17FN4/c1-19(10-11-2-4-12(15)5-3-11)14-7-9-17-13(18-14)6-8-16/h2-5,7,9H,6,8,10,16H2,1H3. The summed E-state index contributed by atoms with van der Waals surface area (Å²) in [6.45, 7) is 1.20. The van der Waals surface area contributed by atoms with Crippen LogP contribution in [0, 0.1) is 5.82 Å². The van der Waals surface area contributed by atoms with Gasteiger partial charge in [0.05, 0.1) is 0 Å². The molecule has 0 aliphatic rings. The fourth-order valence-corrected chi connectivity index (χ4v) is 1.80. The van der Waals surface area contributed by atoms with Crippen LogP contribution in [-0.2, 0) is 13.0 Å². The van der Waals surface area contributed by atoms with Crippen LogP contribution in [0.1, 0.15) is 11.4 Å². The number of aromatic nitrogens is 2. The highest BCUT2D eigenvalue weighted by Crippen LogP contribution is 2.12. The predicted octanol–water partition coefficient (Wildman–Crippen LogP) is 1.75. The summed E-state index contributed by atoms with van der Waals surface area (Å²) in [5.41, 5.74) is 6.53. The molecule has 0 atom stereocenters. The maximum Gasteiger partial charge on any atom is 0.132 e. The fourth-order valence-electron chi connectivity index (χ4n) is 1.80. The van der Waals surface area contributed by atoms with E-state index in [1.807, 2.05) is 18.0 Å². The SMILES string of the molecule is CN(Cc1ccc(F)cc1)c1ccnc(CCN)n1. The molecule has 0 spiro atoms. The molecule has 2 N–H and O–H groups in total. The summed E-state index contributed by atoms with van der Waals surface area (Å²) in [6, 6.07) is 8.32. The molecule has 0 bridgehead atoms. The number of halogens is 1. The highest BCUT2D eigenvalue weighted by atomic mass is 19.1. The Balaban J connectivity index is 2.08. The van der Waals surface area contributed by atoms with Gasteiger partial charge in [-0.2, -0.15) is 0 Å². The van der Waals surface area contributed by atoms with Gasteiger partial charge in [-0.1, -0.05) is 12.1 Å². The molecule has 0 saturated heterocycles. The van der Waals surface area contributed by atoms with E-state index in [1.165, 1.54) is 12.1 Å². The van der Waals surface area contributed by atoms with E-state index >= 15 is 0 Å². The minimum atomic E-state index is -0.223. The zero-order valence-corrected chi connectivity index (χ0v) is 10.9. The first kappa shape index (κ1) is 13.4. The van der Waals surface area contributed by atoms with Gasteiger partial charge in [0, 0.05) is 26.2 Å². The number of rotatable bonds is 5. The van der Waals surface area contributed by atoms with E-state index in [0.29, 0.717) is 19.5 Å². The van der Waals surface area contributed by atoms with Gasteiger partial charge in [0.15, 0.2) is 0 Å². The molecule has 0 radical (unpaired) electrons. The second kappa shape index (κ2) is 6.24. The second-order valence-corrected chi connectivity index (χ2v) is 4.35. The van der Waals surface area contributed by atoms with Crippen molar-refractivity contribution in [3.05, 3.63) is 53.7 Å². The fraction of sp³-hybridized carbons (Fsp3) is 0.286. The number of benzene rings is 1. The zero-order valence-electron chi connectivity index (χ0n) is 10.9. The zero-order chi connectivity index (χ0) is 13.7. The molecule has 0 aliphatic heterocycles. The van der Waals surface area contributed by atoms with Crippen LogP contribution in [0.2, 0.25) is 0 Å². The predicted molar refractivity (Wildman–Crippen MR) is 73.3 cm³/mol. The van der Waals surface area contributed by atoms with Crippen LogP contribution in [0.3, 0.4) is 0 Å². The van der Waals surface area contributed by atoms with E-state index in [4.69, 9.17) is 5.73 Å². The van der Waals surface area contributed by atoms with Crippen LogP contribution in [0.25, 0.3) is 0 Å². The van der Waals surface area contributed by atoms with Crippen molar-refractivity contribution in [2.45, 2.75) is 13.0 Å². The van der Waals surface area contributed by atoms with Crippen molar-refractivity contribution in [1.82, 2.24) is 9.97 Å². The lowest BCUT2D eigenvalue weighted by molar-refractivity contribution is 0.627. The number of nitrogens with two attached hydrogens (primary N) is 1. The molecule has 5 heteroatoms. The summed E-state index contributed by atoms with van der Waals surface area (Å²) in [4.78, 5) is 10.6. The summed E-state index contributed by atoms with van der Waals surface area (Å²) in [6.07, 6.45) is 2.40. The largest absolute Gasteiger partial charge is 0.355 e. The van der Waals surface area contributed by atoms with E-state index in [9.17, 15) is 4.39 Å². The monoisotopic (exact) mass is 260 g/mol. The molecule has 0 aliphatic carbocycles. The summed E-state index contributed by atoms with van der Waals surface area (Å²) in [5, 5.41) is 0. The van der Waals surface area contributed by atoms with Crippen molar-refractivity contribution in [1.29, 1.82) is 0 Å². The van der Waals surface area contributed by atoms with Gasteiger partial charge in [0.25, 0.3) is 0 Å². The smallest absolute Gasteiger partial charge is 0.132 e. The molecule has 0 saturated carbocycles. The molecule has 1 heterocycles. The topological polar surface area (TPSA) is 55.0 Å². The molecular weight excluding hydrogens is 243 g/mol. The Morgan fingerprint density at radius 3 is 2.63 bits per heavy atom. The van der Waals surface area contributed by atoms with E-state index in [0.717, 1.165) is 17.2 Å². The summed E-state index contributed by atoms with van der Waals surface area (Å²) in [7, 11) is 1.94. The molecular formula is C14H17FN4. The van der Waals surface area contributed by atoms with Crippen LogP contribution < -0.4 is 10.6 Å². The van der Waals surface area contributed by atoms with E-state index in [2.05, 4.69) is 9.97 Å². The second-order valence-electron chi connectivity index (χ2n) is 4.35. The lowest BCUT2D eigenvalue weighted by Crippen LogP contribution is -2.19. The summed E-state index contributed by atoms with van der Waals surface area (Å²) in [5.74, 6) is 1.35. The molecule has 19 heavy (non-hydrogen) atoms. The molecule has 0 amide bonds. The van der Waals surface area contributed by atoms with Gasteiger partial charge in [-0.15, -0.1) is 0 Å². The molecule has 1 aromatic carbocycles. The Kier molecular flexibility index (Phi) is 4.41. The maximum absolute atomic E-state index is 12.8. The van der Waals surface area contributed by atoms with Gasteiger partial charge < -0.3 is 10.6 Å². The number of anilines is 1. The van der Waals surface area contributed by atoms with Crippen molar-refractivity contribution in [3.8, 4) is 0 Å². The first-order valence-electron chi connectivity index (χ1n) is 6.16. The van der Waals surface area contributed by atoms with E-state index in [-0.39, 0.29) is 5.82 Å². The first-order chi connectivity index (χ1) is 9.19. The average molecular weight is 260 g/mol. The van der Waals surface area contributed by atoms with Crippen molar-refractivity contribution < 1.29 is 4.39 Å². The average Bonchev–Trinajstić information content (AvgIpc) is 2.42. The molecule has 1 aromatic heterocycles. The normalized spacial score (nSPS) is 10.5. The van der Waals surface area contributed by atoms with Crippen LogP contribution >= 0.6 is 0 Å². The van der Waals surface area contributed by atoms with Crippen LogP contribution in [0.15, 0.2) is 36.5 Å². The third-order valence-corrected chi connectivity index (χ3v) is 2.78. The Labute approximate surface area is 112 Å². The van der Waals surface area contributed by atoms with Gasteiger partial charge in [0.2, 0.25) is 0 Å². The van der Waals surface area contributed by atoms with E-state index in [1.54, 1.807) is 18.3 Å². The van der Waals surface area contributed by atoms with Crippen LogP contribution in [-0.4, -0.2) is 23.6 Å². The third kappa shape index (κ3) is 3.72. The first-order valence-corrected chi connectivity index (χ1v) is 6.16. The van der Waals surface area contributed by atoms with Gasteiger partial charge in [0.1, 0.15) is 17.5 Å². The van der Waals surface area contributed by atoms with Gasteiger partial charge in [-0.3, -0.25) is 0 Å². The van der Waals surface area contributed by atoms with Gasteiger partial charge >= 0.3 is 0 Å². The summed E-state index contributed by atoms with van der Waals surface area (Å²) < 4.78 is 12.8. The molecule has 2 rings (SSSR count). The van der Waals surface area contributed by atoms with Gasteiger partial charge in [-0.25, -0.2) is 14.4 Å². The molecule has 0 fully saturated rings. The Morgan fingerprint density at radius 1 is 1.21 bits per heavy atom. The molecule has 4 nitrogen and oxygen atoms in total. The van der Waals surface area contributed by atoms with Gasteiger partial charge in [-0.05, 0) is 30.3 Å².